The zero-order valence-corrected chi connectivity index (χ0v) is 11.1. The summed E-state index contributed by atoms with van der Waals surface area (Å²) in [6.45, 7) is 0.890. The van der Waals surface area contributed by atoms with Crippen LogP contribution in [0, 0.1) is 16.0 Å². The van der Waals surface area contributed by atoms with Crippen LogP contribution in [0.3, 0.4) is 0 Å². The van der Waals surface area contributed by atoms with Crippen molar-refractivity contribution in [2.75, 3.05) is 25.1 Å². The number of methoxy groups -OCH3 is 1. The van der Waals surface area contributed by atoms with Gasteiger partial charge in [-0.1, -0.05) is 0 Å². The highest BCUT2D eigenvalue weighted by Crippen LogP contribution is 2.34. The minimum absolute atomic E-state index is 0.0307. The summed E-state index contributed by atoms with van der Waals surface area (Å²) in [6, 6.07) is 4.50. The summed E-state index contributed by atoms with van der Waals surface area (Å²) in [5.74, 6) is -0.835. The largest absolute Gasteiger partial charge is 0.497 e. The first-order chi connectivity index (χ1) is 9.52. The molecule has 0 spiro atoms. The molecule has 1 aliphatic rings. The van der Waals surface area contributed by atoms with E-state index in [1.807, 2.05) is 0 Å². The molecular formula is C13H16N2O5. The molecule has 1 saturated heterocycles. The number of anilines is 1. The van der Waals surface area contributed by atoms with Crippen LogP contribution in [-0.4, -0.2) is 36.2 Å². The van der Waals surface area contributed by atoms with Gasteiger partial charge in [0.1, 0.15) is 11.4 Å². The molecule has 2 rings (SSSR count). The van der Waals surface area contributed by atoms with Gasteiger partial charge < -0.3 is 14.7 Å². The van der Waals surface area contributed by atoms with Crippen LogP contribution in [0.15, 0.2) is 18.2 Å². The van der Waals surface area contributed by atoms with Gasteiger partial charge in [0.15, 0.2) is 0 Å². The molecule has 0 aliphatic carbocycles. The fourth-order valence-corrected chi connectivity index (χ4v) is 2.44. The normalized spacial score (nSPS) is 18.6. The second kappa shape index (κ2) is 5.77. The van der Waals surface area contributed by atoms with Gasteiger partial charge in [0.25, 0.3) is 5.69 Å². The molecule has 1 aromatic carbocycles. The predicted octanol–water partition coefficient (Wildman–Crippen LogP) is 1.90. The Morgan fingerprint density at radius 3 is 2.90 bits per heavy atom. The standard InChI is InChI=1S/C13H16N2O5/c1-20-10-4-5-11(15(18)19)12(7-10)14-6-2-3-9(8-14)13(16)17/h4-5,7,9H,2-3,6,8H2,1H3,(H,16,17). The van der Waals surface area contributed by atoms with Crippen molar-refractivity contribution in [2.24, 2.45) is 5.92 Å². The quantitative estimate of drug-likeness (QED) is 0.669. The summed E-state index contributed by atoms with van der Waals surface area (Å²) in [5.41, 5.74) is 0.386. The summed E-state index contributed by atoms with van der Waals surface area (Å²) in [7, 11) is 1.49. The Morgan fingerprint density at radius 2 is 2.30 bits per heavy atom. The third kappa shape index (κ3) is 2.81. The Kier molecular flexibility index (Phi) is 4.07. The van der Waals surface area contributed by atoms with E-state index in [2.05, 4.69) is 0 Å². The number of ether oxygens (including phenoxy) is 1. The van der Waals surface area contributed by atoms with E-state index in [4.69, 9.17) is 9.84 Å². The third-order valence-corrected chi connectivity index (χ3v) is 3.49. The van der Waals surface area contributed by atoms with Crippen molar-refractivity contribution in [1.29, 1.82) is 0 Å². The molecule has 108 valence electrons. The Hall–Kier alpha value is -2.31. The van der Waals surface area contributed by atoms with Crippen LogP contribution < -0.4 is 9.64 Å². The number of nitro benzene ring substituents is 1. The van der Waals surface area contributed by atoms with E-state index < -0.39 is 16.8 Å². The van der Waals surface area contributed by atoms with E-state index in [1.165, 1.54) is 19.2 Å². The molecule has 0 bridgehead atoms. The first-order valence-corrected chi connectivity index (χ1v) is 6.33. The van der Waals surface area contributed by atoms with Gasteiger partial charge in [0.05, 0.1) is 18.0 Å². The molecule has 1 aliphatic heterocycles. The molecule has 0 aromatic heterocycles. The maximum absolute atomic E-state index is 11.1. The molecule has 20 heavy (non-hydrogen) atoms. The van der Waals surface area contributed by atoms with Crippen molar-refractivity contribution >= 4 is 17.3 Å². The first kappa shape index (κ1) is 14.1. The highest BCUT2D eigenvalue weighted by molar-refractivity contribution is 5.73. The molecule has 7 nitrogen and oxygen atoms in total. The average Bonchev–Trinajstić information content (AvgIpc) is 2.46. The molecule has 0 saturated carbocycles. The minimum Gasteiger partial charge on any atom is -0.497 e. The molecule has 0 amide bonds. The molecule has 1 unspecified atom stereocenters. The van der Waals surface area contributed by atoms with Crippen molar-refractivity contribution in [2.45, 2.75) is 12.8 Å². The lowest BCUT2D eigenvalue weighted by atomic mass is 9.97. The maximum atomic E-state index is 11.1. The van der Waals surface area contributed by atoms with Gasteiger partial charge in [0.2, 0.25) is 0 Å². The van der Waals surface area contributed by atoms with Gasteiger partial charge in [-0.15, -0.1) is 0 Å². The molecular weight excluding hydrogens is 264 g/mol. The second-order valence-electron chi connectivity index (χ2n) is 4.74. The van der Waals surface area contributed by atoms with Gasteiger partial charge in [-0.25, -0.2) is 0 Å². The molecule has 1 atom stereocenters. The second-order valence-corrected chi connectivity index (χ2v) is 4.74. The molecule has 0 radical (unpaired) electrons. The summed E-state index contributed by atoms with van der Waals surface area (Å²) in [6.07, 6.45) is 1.30. The van der Waals surface area contributed by atoms with E-state index in [0.29, 0.717) is 30.8 Å². The Morgan fingerprint density at radius 1 is 1.55 bits per heavy atom. The number of benzene rings is 1. The number of hydrogen-bond acceptors (Lipinski definition) is 5. The van der Waals surface area contributed by atoms with Crippen molar-refractivity contribution in [3.8, 4) is 5.75 Å². The number of carbonyl (C=O) groups is 1. The van der Waals surface area contributed by atoms with Gasteiger partial charge in [0, 0.05) is 25.2 Å². The van der Waals surface area contributed by atoms with Crippen LogP contribution in [0.2, 0.25) is 0 Å². The predicted molar refractivity (Wildman–Crippen MR) is 72.2 cm³/mol. The van der Waals surface area contributed by atoms with Crippen molar-refractivity contribution in [1.82, 2.24) is 0 Å². The van der Waals surface area contributed by atoms with Crippen molar-refractivity contribution in [3.63, 3.8) is 0 Å². The lowest BCUT2D eigenvalue weighted by molar-refractivity contribution is -0.384. The zero-order valence-electron chi connectivity index (χ0n) is 11.1. The summed E-state index contributed by atoms with van der Waals surface area (Å²) < 4.78 is 5.09. The Balaban J connectivity index is 2.34. The van der Waals surface area contributed by atoms with E-state index in [9.17, 15) is 14.9 Å². The molecule has 1 N–H and O–H groups in total. The summed E-state index contributed by atoms with van der Waals surface area (Å²) in [4.78, 5) is 23.5. The van der Waals surface area contributed by atoms with E-state index in [-0.39, 0.29) is 12.2 Å². The SMILES string of the molecule is COc1ccc([N+](=O)[O-])c(N2CCCC(C(=O)O)C2)c1. The van der Waals surface area contributed by atoms with Crippen LogP contribution in [0.5, 0.6) is 5.75 Å². The number of carboxylic acids is 1. The lowest BCUT2D eigenvalue weighted by Crippen LogP contribution is -2.39. The molecule has 1 fully saturated rings. The first-order valence-electron chi connectivity index (χ1n) is 6.33. The number of carboxylic acid groups (broad SMARTS) is 1. The zero-order chi connectivity index (χ0) is 14.7. The average molecular weight is 280 g/mol. The lowest BCUT2D eigenvalue weighted by Gasteiger charge is -2.32. The number of nitrogens with zero attached hydrogens (tertiary/aromatic N) is 2. The van der Waals surface area contributed by atoms with Crippen molar-refractivity contribution < 1.29 is 19.6 Å². The van der Waals surface area contributed by atoms with E-state index >= 15 is 0 Å². The molecule has 7 heteroatoms. The third-order valence-electron chi connectivity index (χ3n) is 3.49. The summed E-state index contributed by atoms with van der Waals surface area (Å²) >= 11 is 0. The van der Waals surface area contributed by atoms with Crippen molar-refractivity contribution in [3.05, 3.63) is 28.3 Å². The maximum Gasteiger partial charge on any atom is 0.308 e. The van der Waals surface area contributed by atoms with Gasteiger partial charge in [-0.05, 0) is 18.9 Å². The van der Waals surface area contributed by atoms with Crippen LogP contribution in [0.4, 0.5) is 11.4 Å². The summed E-state index contributed by atoms with van der Waals surface area (Å²) in [5, 5.41) is 20.2. The monoisotopic (exact) mass is 280 g/mol. The van der Waals surface area contributed by atoms with Crippen LogP contribution in [0.25, 0.3) is 0 Å². The number of piperidine rings is 1. The van der Waals surface area contributed by atoms with E-state index in [1.54, 1.807) is 11.0 Å². The smallest absolute Gasteiger partial charge is 0.308 e. The number of nitro groups is 1. The van der Waals surface area contributed by atoms with Gasteiger partial charge >= 0.3 is 5.97 Å². The van der Waals surface area contributed by atoms with Crippen LogP contribution >= 0.6 is 0 Å². The Bertz CT molecular complexity index is 531. The van der Waals surface area contributed by atoms with Gasteiger partial charge in [-0.2, -0.15) is 0 Å². The van der Waals surface area contributed by atoms with Crippen LogP contribution in [-0.2, 0) is 4.79 Å². The Labute approximate surface area is 115 Å². The van der Waals surface area contributed by atoms with Gasteiger partial charge in [-0.3, -0.25) is 14.9 Å². The number of hydrogen-bond donors (Lipinski definition) is 1. The number of aliphatic carboxylic acids is 1. The van der Waals surface area contributed by atoms with E-state index in [0.717, 1.165) is 0 Å². The highest BCUT2D eigenvalue weighted by Gasteiger charge is 2.29. The fourth-order valence-electron chi connectivity index (χ4n) is 2.44. The minimum atomic E-state index is -0.861. The number of rotatable bonds is 4. The fraction of sp³-hybridized carbons (Fsp3) is 0.462. The molecule has 1 aromatic rings. The molecule has 1 heterocycles. The topological polar surface area (TPSA) is 92.9 Å². The highest BCUT2D eigenvalue weighted by atomic mass is 16.6. The van der Waals surface area contributed by atoms with Crippen LogP contribution in [0.1, 0.15) is 12.8 Å².